The van der Waals surface area contributed by atoms with Gasteiger partial charge < -0.3 is 20.3 Å². The fourth-order valence-electron chi connectivity index (χ4n) is 2.68. The Labute approximate surface area is 120 Å². The molecule has 0 aliphatic carbocycles. The van der Waals surface area contributed by atoms with Gasteiger partial charge in [0, 0.05) is 19.3 Å². The minimum atomic E-state index is -0.890. The molecule has 106 valence electrons. The number of fused-ring (bicyclic) bond motifs is 1. The molecule has 0 bridgehead atoms. The molecule has 2 aromatic heterocycles. The molecule has 20 heavy (non-hydrogen) atoms. The van der Waals surface area contributed by atoms with Crippen molar-refractivity contribution < 1.29 is 9.90 Å². The lowest BCUT2D eigenvalue weighted by Crippen LogP contribution is -2.39. The van der Waals surface area contributed by atoms with Gasteiger partial charge in [0.25, 0.3) is 0 Å². The largest absolute Gasteiger partial charge is 0.465 e. The molecule has 3 rings (SSSR count). The third-order valence-corrected chi connectivity index (χ3v) is 3.80. The normalized spacial score (nSPS) is 19.4. The average molecular weight is 296 g/mol. The summed E-state index contributed by atoms with van der Waals surface area (Å²) in [6.07, 6.45) is 2.69. The molecule has 0 aromatic carbocycles. The summed E-state index contributed by atoms with van der Waals surface area (Å²) >= 11 is 5.85. The van der Waals surface area contributed by atoms with Crippen LogP contribution in [0.1, 0.15) is 18.9 Å². The number of nitrogens with two attached hydrogens (primary N) is 1. The van der Waals surface area contributed by atoms with Crippen LogP contribution in [0.3, 0.4) is 0 Å². The van der Waals surface area contributed by atoms with Gasteiger partial charge in [0.15, 0.2) is 0 Å². The molecule has 2 aromatic rings. The van der Waals surface area contributed by atoms with Gasteiger partial charge in [-0.2, -0.15) is 4.98 Å². The van der Waals surface area contributed by atoms with Crippen molar-refractivity contribution in [2.24, 2.45) is 0 Å². The Morgan fingerprint density at radius 3 is 3.05 bits per heavy atom. The van der Waals surface area contributed by atoms with Crippen LogP contribution in [0.25, 0.3) is 11.0 Å². The van der Waals surface area contributed by atoms with Crippen LogP contribution in [0.2, 0.25) is 5.28 Å². The van der Waals surface area contributed by atoms with Crippen LogP contribution in [-0.4, -0.2) is 43.7 Å². The van der Waals surface area contributed by atoms with E-state index in [1.165, 1.54) is 4.90 Å². The molecule has 0 saturated carbocycles. The molecule has 1 saturated heterocycles. The summed E-state index contributed by atoms with van der Waals surface area (Å²) in [5, 5.41) is 9.94. The summed E-state index contributed by atoms with van der Waals surface area (Å²) in [7, 11) is 0. The van der Waals surface area contributed by atoms with Crippen molar-refractivity contribution in [1.82, 2.24) is 19.4 Å². The maximum absolute atomic E-state index is 11.1. The van der Waals surface area contributed by atoms with Crippen LogP contribution >= 0.6 is 11.6 Å². The predicted molar refractivity (Wildman–Crippen MR) is 74.8 cm³/mol. The van der Waals surface area contributed by atoms with Crippen LogP contribution in [0, 0.1) is 0 Å². The number of anilines is 1. The van der Waals surface area contributed by atoms with Crippen molar-refractivity contribution in [2.45, 2.75) is 18.9 Å². The van der Waals surface area contributed by atoms with E-state index in [-0.39, 0.29) is 11.3 Å². The zero-order chi connectivity index (χ0) is 14.3. The zero-order valence-corrected chi connectivity index (χ0v) is 11.4. The number of halogens is 1. The second-order valence-electron chi connectivity index (χ2n) is 4.86. The number of carboxylic acid groups (broad SMARTS) is 1. The molecule has 0 spiro atoms. The second kappa shape index (κ2) is 4.82. The van der Waals surface area contributed by atoms with Gasteiger partial charge in [0.1, 0.15) is 11.5 Å². The smallest absolute Gasteiger partial charge is 0.407 e. The summed E-state index contributed by atoms with van der Waals surface area (Å²) in [5.74, 6) is 0.338. The zero-order valence-electron chi connectivity index (χ0n) is 10.7. The first kappa shape index (κ1) is 13.0. The lowest BCUT2D eigenvalue weighted by Gasteiger charge is -2.31. The number of piperidine rings is 1. The number of rotatable bonds is 1. The Morgan fingerprint density at radius 1 is 1.50 bits per heavy atom. The number of nitrogens with zero attached hydrogens (tertiary/aromatic N) is 4. The monoisotopic (exact) mass is 295 g/mol. The lowest BCUT2D eigenvalue weighted by molar-refractivity contribution is 0.122. The summed E-state index contributed by atoms with van der Waals surface area (Å²) < 4.78 is 1.94. The van der Waals surface area contributed by atoms with Crippen molar-refractivity contribution >= 4 is 34.5 Å². The maximum atomic E-state index is 11.1. The molecular weight excluding hydrogens is 282 g/mol. The molecule has 1 aliphatic heterocycles. The summed E-state index contributed by atoms with van der Waals surface area (Å²) in [6.45, 7) is 1.02. The van der Waals surface area contributed by atoms with Gasteiger partial charge in [-0.3, -0.25) is 0 Å². The van der Waals surface area contributed by atoms with Crippen LogP contribution in [-0.2, 0) is 0 Å². The van der Waals surface area contributed by atoms with Crippen LogP contribution in [0.4, 0.5) is 10.6 Å². The molecule has 1 fully saturated rings. The molecule has 1 aliphatic rings. The first-order valence-corrected chi connectivity index (χ1v) is 6.71. The molecule has 3 heterocycles. The highest BCUT2D eigenvalue weighted by molar-refractivity contribution is 6.28. The van der Waals surface area contributed by atoms with E-state index in [2.05, 4.69) is 9.97 Å². The minimum Gasteiger partial charge on any atom is -0.465 e. The van der Waals surface area contributed by atoms with Gasteiger partial charge in [0.05, 0.1) is 11.4 Å². The van der Waals surface area contributed by atoms with E-state index in [1.54, 1.807) is 0 Å². The van der Waals surface area contributed by atoms with Crippen molar-refractivity contribution in [2.75, 3.05) is 18.8 Å². The number of nitrogen functional groups attached to an aromatic ring is 1. The van der Waals surface area contributed by atoms with Crippen LogP contribution < -0.4 is 5.73 Å². The molecule has 1 amide bonds. The molecule has 1 unspecified atom stereocenters. The van der Waals surface area contributed by atoms with Crippen LogP contribution in [0.5, 0.6) is 0 Å². The highest BCUT2D eigenvalue weighted by Gasteiger charge is 2.25. The van der Waals surface area contributed by atoms with E-state index in [0.29, 0.717) is 24.6 Å². The molecule has 0 radical (unpaired) electrons. The quantitative estimate of drug-likeness (QED) is 0.784. The fraction of sp³-hybridized carbons (Fsp3) is 0.417. The van der Waals surface area contributed by atoms with Crippen LogP contribution in [0.15, 0.2) is 12.3 Å². The van der Waals surface area contributed by atoms with Crippen molar-refractivity contribution in [3.05, 3.63) is 17.5 Å². The van der Waals surface area contributed by atoms with E-state index < -0.39 is 6.09 Å². The standard InChI is InChI=1S/C12H14ClN5O2/c13-11-15-9(14)8-3-5-18(10(8)16-11)7-2-1-4-17(6-7)12(19)20/h3,5,7H,1-2,4,6H2,(H,19,20)(H2,14,15,16). The van der Waals surface area contributed by atoms with Crippen molar-refractivity contribution in [3.8, 4) is 0 Å². The van der Waals surface area contributed by atoms with E-state index in [4.69, 9.17) is 22.4 Å². The summed E-state index contributed by atoms with van der Waals surface area (Å²) in [6, 6.07) is 1.88. The summed E-state index contributed by atoms with van der Waals surface area (Å²) in [5.41, 5.74) is 6.47. The van der Waals surface area contributed by atoms with E-state index in [0.717, 1.165) is 18.2 Å². The average Bonchev–Trinajstić information content (AvgIpc) is 2.82. The van der Waals surface area contributed by atoms with Gasteiger partial charge in [-0.25, -0.2) is 9.78 Å². The van der Waals surface area contributed by atoms with Gasteiger partial charge in [-0.1, -0.05) is 0 Å². The molecule has 8 heteroatoms. The lowest BCUT2D eigenvalue weighted by atomic mass is 10.1. The van der Waals surface area contributed by atoms with Gasteiger partial charge in [-0.05, 0) is 30.5 Å². The van der Waals surface area contributed by atoms with E-state index >= 15 is 0 Å². The Morgan fingerprint density at radius 2 is 2.30 bits per heavy atom. The predicted octanol–water partition coefficient (Wildman–Crippen LogP) is 1.98. The van der Waals surface area contributed by atoms with Gasteiger partial charge in [0.2, 0.25) is 5.28 Å². The molecule has 1 atom stereocenters. The second-order valence-corrected chi connectivity index (χ2v) is 5.20. The Bertz CT molecular complexity index is 671. The van der Waals surface area contributed by atoms with Gasteiger partial charge >= 0.3 is 6.09 Å². The number of aromatic nitrogens is 3. The number of carbonyl (C=O) groups is 1. The highest BCUT2D eigenvalue weighted by Crippen LogP contribution is 2.28. The van der Waals surface area contributed by atoms with E-state index in [9.17, 15) is 4.79 Å². The fourth-order valence-corrected chi connectivity index (χ4v) is 2.85. The third-order valence-electron chi connectivity index (χ3n) is 3.63. The molecule has 7 nitrogen and oxygen atoms in total. The molecular formula is C12H14ClN5O2. The number of likely N-dealkylation sites (tertiary alicyclic amines) is 1. The number of hydrogen-bond donors (Lipinski definition) is 2. The van der Waals surface area contributed by atoms with Crippen molar-refractivity contribution in [1.29, 1.82) is 0 Å². The van der Waals surface area contributed by atoms with Crippen molar-refractivity contribution in [3.63, 3.8) is 0 Å². The maximum Gasteiger partial charge on any atom is 0.407 e. The minimum absolute atomic E-state index is 0.0442. The topological polar surface area (TPSA) is 97.3 Å². The number of amides is 1. The SMILES string of the molecule is Nc1nc(Cl)nc2c1ccn2C1CCCN(C(=O)O)C1. The Balaban J connectivity index is 2.00. The first-order chi connectivity index (χ1) is 9.56. The Kier molecular flexibility index (Phi) is 3.13. The third kappa shape index (κ3) is 2.14. The van der Waals surface area contributed by atoms with E-state index in [1.807, 2.05) is 16.8 Å². The Hall–Kier alpha value is -2.02. The first-order valence-electron chi connectivity index (χ1n) is 6.33. The highest BCUT2D eigenvalue weighted by atomic mass is 35.5. The van der Waals surface area contributed by atoms with Gasteiger partial charge in [-0.15, -0.1) is 0 Å². The number of hydrogen-bond acceptors (Lipinski definition) is 4. The summed E-state index contributed by atoms with van der Waals surface area (Å²) in [4.78, 5) is 20.6. The molecule has 3 N–H and O–H groups in total.